The number of allylic oxidation sites excluding steroid dienone is 2. The molecule has 0 saturated heterocycles. The largest absolute Gasteiger partial charge is 0.481 e. The second-order valence-electron chi connectivity index (χ2n) is 7.40. The molecule has 0 aliphatic heterocycles. The van der Waals surface area contributed by atoms with Gasteiger partial charge in [-0.2, -0.15) is 0 Å². The first kappa shape index (κ1) is 13.4. The molecule has 4 bridgehead atoms. The Balaban J connectivity index is 1.38. The van der Waals surface area contributed by atoms with Gasteiger partial charge in [0.15, 0.2) is 0 Å². The van der Waals surface area contributed by atoms with Gasteiger partial charge in [-0.15, -0.1) is 0 Å². The molecule has 4 heteroatoms. The number of fused-ring (bicyclic) bond motifs is 4. The van der Waals surface area contributed by atoms with E-state index in [1.807, 2.05) is 12.2 Å². The third-order valence-corrected chi connectivity index (χ3v) is 6.34. The monoisotopic (exact) mass is 290 g/mol. The first-order valence-electron chi connectivity index (χ1n) is 8.21. The molecule has 7 atom stereocenters. The fourth-order valence-electron chi connectivity index (χ4n) is 5.35. The van der Waals surface area contributed by atoms with Gasteiger partial charge in [-0.05, 0) is 55.3 Å². The second kappa shape index (κ2) is 4.85. The number of carboxylic acid groups (broad SMARTS) is 1. The lowest BCUT2D eigenvalue weighted by Crippen LogP contribution is -2.35. The van der Waals surface area contributed by atoms with Crippen LogP contribution in [0.4, 0.5) is 0 Å². The van der Waals surface area contributed by atoms with Gasteiger partial charge >= 0.3 is 11.9 Å². The van der Waals surface area contributed by atoms with Crippen LogP contribution in [-0.2, 0) is 14.3 Å². The molecular formula is C17H22O4. The third-order valence-electron chi connectivity index (χ3n) is 6.34. The summed E-state index contributed by atoms with van der Waals surface area (Å²) in [7, 11) is 0. The fraction of sp³-hybridized carbons (Fsp3) is 0.765. The Morgan fingerprint density at radius 2 is 1.81 bits per heavy atom. The molecule has 4 aliphatic carbocycles. The van der Waals surface area contributed by atoms with E-state index < -0.39 is 17.8 Å². The standard InChI is InChI=1S/C17H22O4/c18-16(19)14-11-3-4-12(7-11)15(14)17(20)21-8-13-6-9-1-2-10(13)5-9/h3-4,9-15H,1-2,5-8H2,(H,18,19). The fourth-order valence-corrected chi connectivity index (χ4v) is 5.35. The lowest BCUT2D eigenvalue weighted by Gasteiger charge is -2.25. The van der Waals surface area contributed by atoms with E-state index in [1.54, 1.807) is 0 Å². The number of carbonyl (C=O) groups is 2. The van der Waals surface area contributed by atoms with E-state index >= 15 is 0 Å². The van der Waals surface area contributed by atoms with Gasteiger partial charge in [-0.25, -0.2) is 0 Å². The molecule has 0 aromatic heterocycles. The highest BCUT2D eigenvalue weighted by Gasteiger charge is 2.52. The summed E-state index contributed by atoms with van der Waals surface area (Å²) in [6.45, 7) is 0.504. The van der Waals surface area contributed by atoms with Crippen LogP contribution >= 0.6 is 0 Å². The molecular weight excluding hydrogens is 268 g/mol. The van der Waals surface area contributed by atoms with Gasteiger partial charge in [-0.3, -0.25) is 9.59 Å². The van der Waals surface area contributed by atoms with Crippen molar-refractivity contribution in [2.75, 3.05) is 6.61 Å². The molecule has 0 heterocycles. The highest BCUT2D eigenvalue weighted by Crippen LogP contribution is 2.50. The Morgan fingerprint density at radius 3 is 2.43 bits per heavy atom. The van der Waals surface area contributed by atoms with Gasteiger partial charge in [-0.1, -0.05) is 18.6 Å². The van der Waals surface area contributed by atoms with Crippen molar-refractivity contribution in [3.05, 3.63) is 12.2 Å². The summed E-state index contributed by atoms with van der Waals surface area (Å²) in [6, 6.07) is 0. The normalized spacial score (nSPS) is 46.2. The van der Waals surface area contributed by atoms with Gasteiger partial charge < -0.3 is 9.84 Å². The number of carbonyl (C=O) groups excluding carboxylic acids is 1. The molecule has 4 rings (SSSR count). The van der Waals surface area contributed by atoms with Gasteiger partial charge in [0.05, 0.1) is 18.4 Å². The van der Waals surface area contributed by atoms with Crippen LogP contribution < -0.4 is 0 Å². The van der Waals surface area contributed by atoms with Crippen molar-refractivity contribution >= 4 is 11.9 Å². The number of ether oxygens (including phenoxy) is 1. The van der Waals surface area contributed by atoms with E-state index in [1.165, 1.54) is 25.7 Å². The first-order chi connectivity index (χ1) is 10.1. The third kappa shape index (κ3) is 2.11. The summed E-state index contributed by atoms with van der Waals surface area (Å²) in [4.78, 5) is 23.8. The van der Waals surface area contributed by atoms with Crippen molar-refractivity contribution in [2.24, 2.45) is 41.4 Å². The van der Waals surface area contributed by atoms with Gasteiger partial charge in [0.1, 0.15) is 0 Å². The molecule has 0 radical (unpaired) electrons. The summed E-state index contributed by atoms with van der Waals surface area (Å²) in [5.41, 5.74) is 0. The van der Waals surface area contributed by atoms with Crippen molar-refractivity contribution in [1.29, 1.82) is 0 Å². The topological polar surface area (TPSA) is 63.6 Å². The lowest BCUT2D eigenvalue weighted by atomic mass is 9.83. The highest BCUT2D eigenvalue weighted by atomic mass is 16.5. The smallest absolute Gasteiger partial charge is 0.310 e. The van der Waals surface area contributed by atoms with E-state index in [4.69, 9.17) is 4.74 Å². The van der Waals surface area contributed by atoms with Gasteiger partial charge in [0, 0.05) is 0 Å². The number of hydrogen-bond acceptors (Lipinski definition) is 3. The van der Waals surface area contributed by atoms with Crippen LogP contribution in [0.15, 0.2) is 12.2 Å². The minimum atomic E-state index is -0.853. The molecule has 0 aromatic carbocycles. The second-order valence-corrected chi connectivity index (χ2v) is 7.40. The zero-order valence-electron chi connectivity index (χ0n) is 12.1. The van der Waals surface area contributed by atoms with Crippen molar-refractivity contribution in [3.8, 4) is 0 Å². The number of hydrogen-bond donors (Lipinski definition) is 1. The maximum atomic E-state index is 12.4. The maximum absolute atomic E-state index is 12.4. The predicted molar refractivity (Wildman–Crippen MR) is 75.2 cm³/mol. The Bertz CT molecular complexity index is 497. The number of rotatable bonds is 4. The highest BCUT2D eigenvalue weighted by molar-refractivity contribution is 5.83. The van der Waals surface area contributed by atoms with Crippen LogP contribution in [0.2, 0.25) is 0 Å². The average molecular weight is 290 g/mol. The summed E-state index contributed by atoms with van der Waals surface area (Å²) < 4.78 is 5.56. The summed E-state index contributed by atoms with van der Waals surface area (Å²) >= 11 is 0. The van der Waals surface area contributed by atoms with Crippen LogP contribution in [0, 0.1) is 41.4 Å². The maximum Gasteiger partial charge on any atom is 0.310 e. The Hall–Kier alpha value is -1.32. The van der Waals surface area contributed by atoms with Crippen LogP contribution in [0.5, 0.6) is 0 Å². The Morgan fingerprint density at radius 1 is 1.05 bits per heavy atom. The van der Waals surface area contributed by atoms with E-state index in [-0.39, 0.29) is 17.8 Å². The van der Waals surface area contributed by atoms with Crippen LogP contribution in [0.1, 0.15) is 32.1 Å². The number of esters is 1. The van der Waals surface area contributed by atoms with Gasteiger partial charge in [0.2, 0.25) is 0 Å². The molecule has 3 fully saturated rings. The van der Waals surface area contributed by atoms with Crippen LogP contribution in [0.3, 0.4) is 0 Å². The van der Waals surface area contributed by atoms with E-state index in [2.05, 4.69) is 0 Å². The summed E-state index contributed by atoms with van der Waals surface area (Å²) in [5, 5.41) is 9.38. The van der Waals surface area contributed by atoms with Crippen molar-refractivity contribution in [1.82, 2.24) is 0 Å². The zero-order chi connectivity index (χ0) is 14.6. The summed E-state index contributed by atoms with van der Waals surface area (Å²) in [6.07, 6.45) is 9.88. The molecule has 4 nitrogen and oxygen atoms in total. The molecule has 1 N–H and O–H groups in total. The Kier molecular flexibility index (Phi) is 3.09. The number of carboxylic acids is 1. The molecule has 0 spiro atoms. The Labute approximate surface area is 124 Å². The zero-order valence-corrected chi connectivity index (χ0v) is 12.1. The quantitative estimate of drug-likeness (QED) is 0.638. The lowest BCUT2D eigenvalue weighted by molar-refractivity contribution is -0.159. The minimum absolute atomic E-state index is 0.0209. The van der Waals surface area contributed by atoms with Crippen LogP contribution in [-0.4, -0.2) is 23.7 Å². The van der Waals surface area contributed by atoms with Crippen molar-refractivity contribution in [3.63, 3.8) is 0 Å². The average Bonchev–Trinajstić information content (AvgIpc) is 3.21. The predicted octanol–water partition coefficient (Wildman–Crippen LogP) is 2.49. The minimum Gasteiger partial charge on any atom is -0.481 e. The molecule has 21 heavy (non-hydrogen) atoms. The van der Waals surface area contributed by atoms with E-state index in [0.717, 1.165) is 18.3 Å². The molecule has 3 saturated carbocycles. The first-order valence-corrected chi connectivity index (χ1v) is 8.21. The van der Waals surface area contributed by atoms with E-state index in [0.29, 0.717) is 12.5 Å². The molecule has 4 aliphatic rings. The molecule has 114 valence electrons. The van der Waals surface area contributed by atoms with Gasteiger partial charge in [0.25, 0.3) is 0 Å². The SMILES string of the molecule is O=C(O)C1C2C=CC(C2)C1C(=O)OCC1CC2CCC1C2. The van der Waals surface area contributed by atoms with Crippen LogP contribution in [0.25, 0.3) is 0 Å². The molecule has 7 unspecified atom stereocenters. The van der Waals surface area contributed by atoms with Crippen molar-refractivity contribution in [2.45, 2.75) is 32.1 Å². The number of aliphatic carboxylic acids is 1. The molecule has 0 aromatic rings. The van der Waals surface area contributed by atoms with Crippen molar-refractivity contribution < 1.29 is 19.4 Å². The summed E-state index contributed by atoms with van der Waals surface area (Å²) in [5.74, 6) is 0.0227. The molecule has 0 amide bonds. The van der Waals surface area contributed by atoms with E-state index in [9.17, 15) is 14.7 Å².